The van der Waals surface area contributed by atoms with Crippen LogP contribution in [-0.4, -0.2) is 54.5 Å². The topological polar surface area (TPSA) is 70.2 Å². The molecule has 0 saturated heterocycles. The summed E-state index contributed by atoms with van der Waals surface area (Å²) in [6, 6.07) is 1.63. The number of carbonyl (C=O) groups is 1. The van der Waals surface area contributed by atoms with Gasteiger partial charge in [-0.2, -0.15) is 0 Å². The van der Waals surface area contributed by atoms with Gasteiger partial charge in [0.1, 0.15) is 5.69 Å². The Labute approximate surface area is 121 Å². The smallest absolute Gasteiger partial charge is 0.270 e. The van der Waals surface area contributed by atoms with E-state index in [0.29, 0.717) is 24.1 Å². The standard InChI is InChI=1S/C14H25N5O/c1-11(2)10-17-14-16-8-6-12(18-14)13(20)15-7-5-9-19(3)4/h6,8,11H,5,7,9-10H2,1-4H3,(H,15,20)(H,16,17,18). The van der Waals surface area contributed by atoms with Crippen LogP contribution in [0.3, 0.4) is 0 Å². The number of nitrogens with one attached hydrogen (secondary N) is 2. The highest BCUT2D eigenvalue weighted by atomic mass is 16.1. The summed E-state index contributed by atoms with van der Waals surface area (Å²) in [5.74, 6) is 0.848. The molecular weight excluding hydrogens is 254 g/mol. The minimum atomic E-state index is -0.154. The third kappa shape index (κ3) is 6.47. The summed E-state index contributed by atoms with van der Waals surface area (Å²) in [6.45, 7) is 6.59. The van der Waals surface area contributed by atoms with Crippen LogP contribution in [0.15, 0.2) is 12.3 Å². The van der Waals surface area contributed by atoms with E-state index >= 15 is 0 Å². The Morgan fingerprint density at radius 3 is 2.80 bits per heavy atom. The molecule has 1 amide bonds. The maximum Gasteiger partial charge on any atom is 0.270 e. The molecule has 2 N–H and O–H groups in total. The van der Waals surface area contributed by atoms with E-state index in [-0.39, 0.29) is 5.91 Å². The van der Waals surface area contributed by atoms with Crippen molar-refractivity contribution in [2.24, 2.45) is 5.92 Å². The van der Waals surface area contributed by atoms with Crippen molar-refractivity contribution in [3.05, 3.63) is 18.0 Å². The van der Waals surface area contributed by atoms with Gasteiger partial charge < -0.3 is 15.5 Å². The van der Waals surface area contributed by atoms with Crippen LogP contribution in [0.1, 0.15) is 30.8 Å². The van der Waals surface area contributed by atoms with Crippen LogP contribution in [0.2, 0.25) is 0 Å². The Morgan fingerprint density at radius 2 is 2.15 bits per heavy atom. The Kier molecular flexibility index (Phi) is 6.93. The van der Waals surface area contributed by atoms with E-state index in [1.807, 2.05) is 14.1 Å². The van der Waals surface area contributed by atoms with Gasteiger partial charge in [0.05, 0.1) is 0 Å². The summed E-state index contributed by atoms with van der Waals surface area (Å²) in [5, 5.41) is 5.98. The van der Waals surface area contributed by atoms with E-state index in [2.05, 4.69) is 39.3 Å². The molecule has 0 spiro atoms. The average Bonchev–Trinajstić information content (AvgIpc) is 2.41. The fourth-order valence-electron chi connectivity index (χ4n) is 1.55. The molecule has 6 nitrogen and oxygen atoms in total. The average molecular weight is 279 g/mol. The molecule has 1 aromatic rings. The first kappa shape index (κ1) is 16.4. The van der Waals surface area contributed by atoms with Crippen LogP contribution in [0.4, 0.5) is 5.95 Å². The lowest BCUT2D eigenvalue weighted by atomic mass is 10.2. The van der Waals surface area contributed by atoms with Crippen molar-refractivity contribution < 1.29 is 4.79 Å². The Hall–Kier alpha value is -1.69. The molecule has 0 saturated carbocycles. The third-order valence-electron chi connectivity index (χ3n) is 2.62. The Balaban J connectivity index is 2.45. The minimum Gasteiger partial charge on any atom is -0.354 e. The fourth-order valence-corrected chi connectivity index (χ4v) is 1.55. The molecule has 0 aliphatic carbocycles. The fraction of sp³-hybridized carbons (Fsp3) is 0.643. The van der Waals surface area contributed by atoms with E-state index in [9.17, 15) is 4.79 Å². The molecule has 0 aliphatic rings. The van der Waals surface area contributed by atoms with E-state index < -0.39 is 0 Å². The molecule has 0 aliphatic heterocycles. The molecule has 1 aromatic heterocycles. The van der Waals surface area contributed by atoms with Gasteiger partial charge in [-0.05, 0) is 39.0 Å². The highest BCUT2D eigenvalue weighted by Gasteiger charge is 2.08. The largest absolute Gasteiger partial charge is 0.354 e. The number of hydrogen-bond donors (Lipinski definition) is 2. The second kappa shape index (κ2) is 8.47. The molecule has 6 heteroatoms. The molecule has 0 unspecified atom stereocenters. The summed E-state index contributed by atoms with van der Waals surface area (Å²) in [7, 11) is 4.03. The second-order valence-electron chi connectivity index (χ2n) is 5.45. The van der Waals surface area contributed by atoms with E-state index in [1.54, 1.807) is 12.3 Å². The Morgan fingerprint density at radius 1 is 1.40 bits per heavy atom. The zero-order chi connectivity index (χ0) is 15.0. The lowest BCUT2D eigenvalue weighted by molar-refractivity contribution is 0.0947. The Bertz CT molecular complexity index is 420. The molecule has 0 radical (unpaired) electrons. The SMILES string of the molecule is CC(C)CNc1nccc(C(=O)NCCCN(C)C)n1. The van der Waals surface area contributed by atoms with Gasteiger partial charge in [-0.3, -0.25) is 4.79 Å². The van der Waals surface area contributed by atoms with Crippen molar-refractivity contribution in [1.82, 2.24) is 20.2 Å². The van der Waals surface area contributed by atoms with E-state index in [4.69, 9.17) is 0 Å². The first-order chi connectivity index (χ1) is 9.49. The lowest BCUT2D eigenvalue weighted by Gasteiger charge is -2.10. The number of amides is 1. The van der Waals surface area contributed by atoms with Gasteiger partial charge in [-0.1, -0.05) is 13.8 Å². The van der Waals surface area contributed by atoms with Crippen molar-refractivity contribution in [3.63, 3.8) is 0 Å². The maximum absolute atomic E-state index is 11.9. The summed E-state index contributed by atoms with van der Waals surface area (Å²) in [6.07, 6.45) is 2.52. The van der Waals surface area contributed by atoms with Gasteiger partial charge >= 0.3 is 0 Å². The van der Waals surface area contributed by atoms with Crippen LogP contribution in [0.25, 0.3) is 0 Å². The van der Waals surface area contributed by atoms with Gasteiger partial charge in [0.2, 0.25) is 5.95 Å². The number of hydrogen-bond acceptors (Lipinski definition) is 5. The van der Waals surface area contributed by atoms with Gasteiger partial charge in [0.25, 0.3) is 5.91 Å². The number of aromatic nitrogens is 2. The lowest BCUT2D eigenvalue weighted by Crippen LogP contribution is -2.28. The predicted molar refractivity (Wildman–Crippen MR) is 80.9 cm³/mol. The monoisotopic (exact) mass is 279 g/mol. The minimum absolute atomic E-state index is 0.154. The molecule has 112 valence electrons. The molecule has 0 fully saturated rings. The summed E-state index contributed by atoms with van der Waals surface area (Å²) >= 11 is 0. The van der Waals surface area contributed by atoms with Crippen LogP contribution in [-0.2, 0) is 0 Å². The van der Waals surface area contributed by atoms with Crippen molar-refractivity contribution in [2.75, 3.05) is 39.0 Å². The summed E-state index contributed by atoms with van der Waals surface area (Å²) < 4.78 is 0. The molecule has 1 heterocycles. The molecule has 0 aromatic carbocycles. The van der Waals surface area contributed by atoms with Gasteiger partial charge in [0.15, 0.2) is 0 Å². The second-order valence-corrected chi connectivity index (χ2v) is 5.45. The molecule has 0 bridgehead atoms. The van der Waals surface area contributed by atoms with Crippen molar-refractivity contribution in [2.45, 2.75) is 20.3 Å². The van der Waals surface area contributed by atoms with Crippen LogP contribution in [0, 0.1) is 5.92 Å². The summed E-state index contributed by atoms with van der Waals surface area (Å²) in [4.78, 5) is 22.3. The first-order valence-corrected chi connectivity index (χ1v) is 6.99. The molecule has 0 atom stereocenters. The van der Waals surface area contributed by atoms with E-state index in [0.717, 1.165) is 19.5 Å². The molecular formula is C14H25N5O. The number of nitrogens with zero attached hydrogens (tertiary/aromatic N) is 3. The first-order valence-electron chi connectivity index (χ1n) is 6.99. The summed E-state index contributed by atoms with van der Waals surface area (Å²) in [5.41, 5.74) is 0.399. The quantitative estimate of drug-likeness (QED) is 0.700. The zero-order valence-corrected chi connectivity index (χ0v) is 12.8. The van der Waals surface area contributed by atoms with Crippen molar-refractivity contribution in [3.8, 4) is 0 Å². The molecule has 20 heavy (non-hydrogen) atoms. The normalized spacial score (nSPS) is 10.9. The predicted octanol–water partition coefficient (Wildman–Crippen LogP) is 1.23. The van der Waals surface area contributed by atoms with Gasteiger partial charge in [-0.15, -0.1) is 0 Å². The highest BCUT2D eigenvalue weighted by molar-refractivity contribution is 5.92. The molecule has 1 rings (SSSR count). The third-order valence-corrected chi connectivity index (χ3v) is 2.62. The number of carbonyl (C=O) groups excluding carboxylic acids is 1. The number of anilines is 1. The van der Waals surface area contributed by atoms with Crippen molar-refractivity contribution in [1.29, 1.82) is 0 Å². The van der Waals surface area contributed by atoms with E-state index in [1.165, 1.54) is 0 Å². The van der Waals surface area contributed by atoms with Crippen LogP contribution >= 0.6 is 0 Å². The maximum atomic E-state index is 11.9. The van der Waals surface area contributed by atoms with Crippen LogP contribution in [0.5, 0.6) is 0 Å². The van der Waals surface area contributed by atoms with Gasteiger partial charge in [-0.25, -0.2) is 9.97 Å². The highest BCUT2D eigenvalue weighted by Crippen LogP contribution is 2.02. The zero-order valence-electron chi connectivity index (χ0n) is 12.8. The van der Waals surface area contributed by atoms with Crippen molar-refractivity contribution >= 4 is 11.9 Å². The van der Waals surface area contributed by atoms with Crippen LogP contribution < -0.4 is 10.6 Å². The van der Waals surface area contributed by atoms with Gasteiger partial charge in [0, 0.05) is 19.3 Å². The number of rotatable bonds is 8.